The second-order valence-electron chi connectivity index (χ2n) is 10.3. The lowest BCUT2D eigenvalue weighted by atomic mass is 9.83. The van der Waals surface area contributed by atoms with Crippen molar-refractivity contribution in [2.75, 3.05) is 19.7 Å². The quantitative estimate of drug-likeness (QED) is 0.644. The minimum absolute atomic E-state index is 0.00463. The van der Waals surface area contributed by atoms with Crippen molar-refractivity contribution >= 4 is 18.0 Å². The highest BCUT2D eigenvalue weighted by molar-refractivity contribution is 5.85. The van der Waals surface area contributed by atoms with E-state index in [1.165, 1.54) is 11.1 Å². The largest absolute Gasteiger partial charge is 0.481 e. The summed E-state index contributed by atoms with van der Waals surface area (Å²) in [7, 11) is 0. The molecule has 2 fully saturated rings. The highest BCUT2D eigenvalue weighted by Gasteiger charge is 2.49. The number of nitrogens with zero attached hydrogens (tertiary/aromatic N) is 1. The van der Waals surface area contributed by atoms with Crippen LogP contribution in [0.1, 0.15) is 56.1 Å². The summed E-state index contributed by atoms with van der Waals surface area (Å²) in [5.74, 6) is -0.839. The Hall–Kier alpha value is -3.35. The van der Waals surface area contributed by atoms with Gasteiger partial charge in [-0.05, 0) is 54.4 Å². The van der Waals surface area contributed by atoms with Crippen LogP contribution in [0.25, 0.3) is 11.1 Å². The number of hydrogen-bond acceptors (Lipinski definition) is 4. The first kappa shape index (κ1) is 23.4. The van der Waals surface area contributed by atoms with Crippen molar-refractivity contribution in [3.05, 3.63) is 59.7 Å². The van der Waals surface area contributed by atoms with Crippen molar-refractivity contribution in [1.29, 1.82) is 0 Å². The van der Waals surface area contributed by atoms with Crippen LogP contribution in [0, 0.1) is 11.3 Å². The summed E-state index contributed by atoms with van der Waals surface area (Å²) < 4.78 is 5.72. The van der Waals surface area contributed by atoms with Gasteiger partial charge in [0.25, 0.3) is 0 Å². The van der Waals surface area contributed by atoms with Gasteiger partial charge in [0, 0.05) is 31.5 Å². The van der Waals surface area contributed by atoms with Crippen LogP contribution >= 0.6 is 0 Å². The maximum Gasteiger partial charge on any atom is 0.407 e. The van der Waals surface area contributed by atoms with Gasteiger partial charge in [-0.3, -0.25) is 9.59 Å². The molecule has 0 aromatic heterocycles. The lowest BCUT2D eigenvalue weighted by molar-refractivity contribution is -0.142. The number of nitrogens with one attached hydrogen (secondary N) is 1. The van der Waals surface area contributed by atoms with E-state index in [9.17, 15) is 14.4 Å². The zero-order valence-electron chi connectivity index (χ0n) is 20.0. The summed E-state index contributed by atoms with van der Waals surface area (Å²) in [4.78, 5) is 39.1. The molecule has 35 heavy (non-hydrogen) atoms. The van der Waals surface area contributed by atoms with Crippen molar-refractivity contribution in [2.45, 2.75) is 51.0 Å². The van der Waals surface area contributed by atoms with E-state index in [-0.39, 0.29) is 36.8 Å². The smallest absolute Gasteiger partial charge is 0.407 e. The second kappa shape index (κ2) is 9.36. The normalized spacial score (nSPS) is 25.2. The zero-order chi connectivity index (χ0) is 24.6. The minimum Gasteiger partial charge on any atom is -0.481 e. The molecule has 3 atom stereocenters. The Labute approximate surface area is 205 Å². The molecular weight excluding hydrogens is 444 g/mol. The average Bonchev–Trinajstić information content (AvgIpc) is 3.54. The third-order valence-electron chi connectivity index (χ3n) is 8.12. The number of likely N-dealkylation sites (tertiary alicyclic amines) is 1. The summed E-state index contributed by atoms with van der Waals surface area (Å²) in [5.41, 5.74) is 3.97. The van der Waals surface area contributed by atoms with Crippen molar-refractivity contribution in [3.63, 3.8) is 0 Å². The number of carboxylic acid groups (broad SMARTS) is 1. The monoisotopic (exact) mass is 476 g/mol. The van der Waals surface area contributed by atoms with Crippen molar-refractivity contribution in [2.24, 2.45) is 11.3 Å². The number of hydrogen-bond donors (Lipinski definition) is 2. The molecule has 2 aromatic rings. The molecular formula is C28H32N2O5. The Morgan fingerprint density at radius 1 is 1.06 bits per heavy atom. The van der Waals surface area contributed by atoms with Crippen LogP contribution in [0.5, 0.6) is 0 Å². The fraction of sp³-hybridized carbons (Fsp3) is 0.464. The van der Waals surface area contributed by atoms with E-state index in [0.717, 1.165) is 24.0 Å². The Morgan fingerprint density at radius 2 is 1.71 bits per heavy atom. The summed E-state index contributed by atoms with van der Waals surface area (Å²) in [5, 5.41) is 12.1. The van der Waals surface area contributed by atoms with Gasteiger partial charge in [-0.2, -0.15) is 0 Å². The van der Waals surface area contributed by atoms with Gasteiger partial charge < -0.3 is 20.1 Å². The Bertz CT molecular complexity index is 1100. The molecule has 5 rings (SSSR count). The van der Waals surface area contributed by atoms with Gasteiger partial charge in [-0.25, -0.2) is 4.79 Å². The third-order valence-corrected chi connectivity index (χ3v) is 8.12. The van der Waals surface area contributed by atoms with Crippen molar-refractivity contribution in [3.8, 4) is 11.1 Å². The van der Waals surface area contributed by atoms with Crippen LogP contribution in [-0.2, 0) is 14.3 Å². The first-order valence-corrected chi connectivity index (χ1v) is 12.5. The molecule has 1 saturated heterocycles. The Balaban J connectivity index is 1.22. The predicted molar refractivity (Wildman–Crippen MR) is 131 cm³/mol. The maximum atomic E-state index is 13.4. The number of ether oxygens (including phenoxy) is 1. The number of aliphatic carboxylic acids is 1. The van der Waals surface area contributed by atoms with Crippen LogP contribution in [0.4, 0.5) is 4.79 Å². The summed E-state index contributed by atoms with van der Waals surface area (Å²) >= 11 is 0. The van der Waals surface area contributed by atoms with E-state index in [1.54, 1.807) is 4.90 Å². The molecule has 2 aromatic carbocycles. The lowest BCUT2D eigenvalue weighted by Crippen LogP contribution is -2.52. The highest BCUT2D eigenvalue weighted by atomic mass is 16.5. The number of rotatable bonds is 6. The first-order valence-electron chi connectivity index (χ1n) is 12.5. The van der Waals surface area contributed by atoms with Crippen LogP contribution in [0.3, 0.4) is 0 Å². The predicted octanol–water partition coefficient (Wildman–Crippen LogP) is 4.41. The number of carbonyl (C=O) groups is 3. The number of carboxylic acids is 1. The standard InChI is InChI=1S/C28H32N2O5/c1-28(26(33)30-14-12-18(16-30)15-25(31)32)13-6-11-24(28)29-27(34)35-17-23-21-9-4-2-7-19(21)20-8-3-5-10-22(20)23/h2-5,7-10,18,23-24H,6,11-17H2,1H3,(H,29,34)(H,31,32). The molecule has 2 N–H and O–H groups in total. The molecule has 1 saturated carbocycles. The molecule has 184 valence electrons. The first-order chi connectivity index (χ1) is 16.9. The molecule has 7 nitrogen and oxygen atoms in total. The molecule has 2 aliphatic carbocycles. The van der Waals surface area contributed by atoms with Gasteiger partial charge in [-0.15, -0.1) is 0 Å². The molecule has 7 heteroatoms. The van der Waals surface area contributed by atoms with Crippen molar-refractivity contribution < 1.29 is 24.2 Å². The number of carbonyl (C=O) groups excluding carboxylic acids is 2. The average molecular weight is 477 g/mol. The number of benzene rings is 2. The Kier molecular flexibility index (Phi) is 6.26. The third kappa shape index (κ3) is 4.40. The van der Waals surface area contributed by atoms with Gasteiger partial charge >= 0.3 is 12.1 Å². The van der Waals surface area contributed by atoms with Crippen LogP contribution in [0.15, 0.2) is 48.5 Å². The van der Waals surface area contributed by atoms with E-state index < -0.39 is 17.5 Å². The SMILES string of the molecule is CC1(C(=O)N2CCC(CC(=O)O)C2)CCCC1NC(=O)OCC1c2ccccc2-c2ccccc21. The lowest BCUT2D eigenvalue weighted by Gasteiger charge is -2.34. The number of alkyl carbamates (subject to hydrolysis) is 1. The fourth-order valence-corrected chi connectivity index (χ4v) is 6.23. The molecule has 1 heterocycles. The van der Waals surface area contributed by atoms with Gasteiger partial charge in [0.2, 0.25) is 5.91 Å². The molecule has 0 bridgehead atoms. The molecule has 0 spiro atoms. The second-order valence-corrected chi connectivity index (χ2v) is 10.3. The van der Waals surface area contributed by atoms with E-state index in [4.69, 9.17) is 9.84 Å². The molecule has 3 unspecified atom stereocenters. The zero-order valence-corrected chi connectivity index (χ0v) is 20.0. The van der Waals surface area contributed by atoms with E-state index in [1.807, 2.05) is 31.2 Å². The Morgan fingerprint density at radius 3 is 2.37 bits per heavy atom. The van der Waals surface area contributed by atoms with Crippen LogP contribution in [0.2, 0.25) is 0 Å². The van der Waals surface area contributed by atoms with Gasteiger partial charge in [-0.1, -0.05) is 55.0 Å². The fourth-order valence-electron chi connectivity index (χ4n) is 6.23. The van der Waals surface area contributed by atoms with Crippen molar-refractivity contribution in [1.82, 2.24) is 10.2 Å². The van der Waals surface area contributed by atoms with Gasteiger partial charge in [0.15, 0.2) is 0 Å². The molecule has 1 aliphatic heterocycles. The summed E-state index contributed by atoms with van der Waals surface area (Å²) in [6.45, 7) is 3.20. The summed E-state index contributed by atoms with van der Waals surface area (Å²) in [6.07, 6.45) is 2.56. The molecule has 3 aliphatic rings. The van der Waals surface area contributed by atoms with Gasteiger partial charge in [0.05, 0.1) is 5.41 Å². The van der Waals surface area contributed by atoms with Gasteiger partial charge in [0.1, 0.15) is 6.61 Å². The van der Waals surface area contributed by atoms with E-state index in [2.05, 4.69) is 29.6 Å². The maximum absolute atomic E-state index is 13.4. The van der Waals surface area contributed by atoms with E-state index in [0.29, 0.717) is 25.9 Å². The number of fused-ring (bicyclic) bond motifs is 3. The topological polar surface area (TPSA) is 95.9 Å². The summed E-state index contributed by atoms with van der Waals surface area (Å²) in [6, 6.07) is 16.1. The molecule has 0 radical (unpaired) electrons. The van der Waals surface area contributed by atoms with Crippen LogP contribution < -0.4 is 5.32 Å². The minimum atomic E-state index is -0.828. The highest BCUT2D eigenvalue weighted by Crippen LogP contribution is 2.45. The van der Waals surface area contributed by atoms with E-state index >= 15 is 0 Å². The molecule has 2 amide bonds. The number of amides is 2. The van der Waals surface area contributed by atoms with Crippen LogP contribution in [-0.4, -0.2) is 53.7 Å².